The molecule has 3 N–H and O–H groups in total. The predicted octanol–water partition coefficient (Wildman–Crippen LogP) is -0.129. The third-order valence-corrected chi connectivity index (χ3v) is 3.77. The zero-order valence-corrected chi connectivity index (χ0v) is 11.6. The molecule has 2 saturated heterocycles. The summed E-state index contributed by atoms with van der Waals surface area (Å²) in [5.74, 6) is -0.523. The summed E-state index contributed by atoms with van der Waals surface area (Å²) in [4.78, 5) is 24.4. The first-order chi connectivity index (χ1) is 9.65. The second-order valence-corrected chi connectivity index (χ2v) is 5.49. The molecule has 7 nitrogen and oxygen atoms in total. The maximum Gasteiger partial charge on any atom is 0.317 e. The van der Waals surface area contributed by atoms with E-state index in [0.717, 1.165) is 25.8 Å². The van der Waals surface area contributed by atoms with Crippen molar-refractivity contribution in [2.45, 2.75) is 25.3 Å². The summed E-state index contributed by atoms with van der Waals surface area (Å²) >= 11 is 0. The molecule has 2 atom stereocenters. The Balaban J connectivity index is 1.71. The number of carboxylic acids is 1. The van der Waals surface area contributed by atoms with Crippen molar-refractivity contribution in [2.75, 3.05) is 39.4 Å². The Morgan fingerprint density at radius 2 is 2.20 bits per heavy atom. The van der Waals surface area contributed by atoms with Crippen LogP contribution in [0.1, 0.15) is 19.3 Å². The molecule has 0 aromatic rings. The predicted molar refractivity (Wildman–Crippen MR) is 72.6 cm³/mol. The largest absolute Gasteiger partial charge is 0.480 e. The lowest BCUT2D eigenvalue weighted by atomic mass is 9.98. The monoisotopic (exact) mass is 285 g/mol. The number of ether oxygens (including phenoxy) is 1. The first kappa shape index (κ1) is 15.1. The number of urea groups is 1. The van der Waals surface area contributed by atoms with Crippen molar-refractivity contribution in [3.05, 3.63) is 0 Å². The molecule has 2 amide bonds. The van der Waals surface area contributed by atoms with Gasteiger partial charge in [-0.2, -0.15) is 0 Å². The third kappa shape index (κ3) is 4.64. The molecule has 2 heterocycles. The van der Waals surface area contributed by atoms with Crippen molar-refractivity contribution in [2.24, 2.45) is 5.92 Å². The van der Waals surface area contributed by atoms with E-state index in [4.69, 9.17) is 9.84 Å². The smallest absolute Gasteiger partial charge is 0.317 e. The number of nitrogens with one attached hydrogen (secondary N) is 2. The first-order valence-electron chi connectivity index (χ1n) is 7.21. The van der Waals surface area contributed by atoms with Gasteiger partial charge < -0.3 is 25.4 Å². The number of hydrogen-bond donors (Lipinski definition) is 3. The number of rotatable bonds is 5. The molecule has 0 aromatic heterocycles. The molecule has 0 radical (unpaired) electrons. The molecule has 2 rings (SSSR count). The van der Waals surface area contributed by atoms with Crippen molar-refractivity contribution in [3.8, 4) is 0 Å². The number of amides is 2. The number of hydrogen-bond acceptors (Lipinski definition) is 4. The average molecular weight is 285 g/mol. The highest BCUT2D eigenvalue weighted by molar-refractivity contribution is 5.74. The van der Waals surface area contributed by atoms with Gasteiger partial charge in [0.2, 0.25) is 0 Å². The summed E-state index contributed by atoms with van der Waals surface area (Å²) < 4.78 is 5.24. The summed E-state index contributed by atoms with van der Waals surface area (Å²) in [5, 5.41) is 14.5. The minimum Gasteiger partial charge on any atom is -0.480 e. The van der Waals surface area contributed by atoms with Crippen molar-refractivity contribution >= 4 is 12.0 Å². The van der Waals surface area contributed by atoms with Gasteiger partial charge in [0.25, 0.3) is 0 Å². The average Bonchev–Trinajstić information content (AvgIpc) is 2.91. The molecule has 114 valence electrons. The van der Waals surface area contributed by atoms with Crippen LogP contribution in [0.2, 0.25) is 0 Å². The van der Waals surface area contributed by atoms with E-state index in [-0.39, 0.29) is 18.6 Å². The SMILES string of the molecule is O=C(O)CNCC1CCCN(C(=O)NC2CCOC2)C1. The molecule has 2 aliphatic rings. The molecule has 2 aliphatic heterocycles. The van der Waals surface area contributed by atoms with Crippen LogP contribution in [0.15, 0.2) is 0 Å². The number of carbonyl (C=O) groups is 2. The van der Waals surface area contributed by atoms with E-state index in [1.807, 2.05) is 4.90 Å². The van der Waals surface area contributed by atoms with Crippen molar-refractivity contribution in [1.82, 2.24) is 15.5 Å². The minimum absolute atomic E-state index is 0.0246. The van der Waals surface area contributed by atoms with Gasteiger partial charge >= 0.3 is 12.0 Å². The Kier molecular flexibility index (Phi) is 5.60. The Bertz CT molecular complexity index is 345. The van der Waals surface area contributed by atoms with Crippen LogP contribution in [0, 0.1) is 5.92 Å². The van der Waals surface area contributed by atoms with Gasteiger partial charge in [-0.3, -0.25) is 4.79 Å². The van der Waals surface area contributed by atoms with E-state index >= 15 is 0 Å². The zero-order valence-electron chi connectivity index (χ0n) is 11.6. The summed E-state index contributed by atoms with van der Waals surface area (Å²) in [5.41, 5.74) is 0. The van der Waals surface area contributed by atoms with Gasteiger partial charge in [-0.25, -0.2) is 4.79 Å². The van der Waals surface area contributed by atoms with Gasteiger partial charge in [0.1, 0.15) is 0 Å². The van der Waals surface area contributed by atoms with E-state index in [1.165, 1.54) is 0 Å². The van der Waals surface area contributed by atoms with E-state index in [2.05, 4.69) is 10.6 Å². The molecule has 0 spiro atoms. The molecular weight excluding hydrogens is 262 g/mol. The first-order valence-corrected chi connectivity index (χ1v) is 7.21. The van der Waals surface area contributed by atoms with Gasteiger partial charge in [-0.1, -0.05) is 0 Å². The van der Waals surface area contributed by atoms with Crippen LogP contribution in [0.5, 0.6) is 0 Å². The Morgan fingerprint density at radius 3 is 2.90 bits per heavy atom. The van der Waals surface area contributed by atoms with E-state index in [1.54, 1.807) is 0 Å². The molecular formula is C13H23N3O4. The lowest BCUT2D eigenvalue weighted by molar-refractivity contribution is -0.136. The highest BCUT2D eigenvalue weighted by Gasteiger charge is 2.26. The molecule has 2 unspecified atom stereocenters. The summed E-state index contributed by atoms with van der Waals surface area (Å²) in [6.07, 6.45) is 2.88. The minimum atomic E-state index is -0.850. The maximum atomic E-state index is 12.1. The van der Waals surface area contributed by atoms with Crippen LogP contribution < -0.4 is 10.6 Å². The quantitative estimate of drug-likeness (QED) is 0.654. The summed E-state index contributed by atoms with van der Waals surface area (Å²) in [7, 11) is 0. The molecule has 0 bridgehead atoms. The molecule has 7 heteroatoms. The zero-order chi connectivity index (χ0) is 14.4. The van der Waals surface area contributed by atoms with Crippen LogP contribution in [0.3, 0.4) is 0 Å². The summed E-state index contributed by atoms with van der Waals surface area (Å²) in [6.45, 7) is 3.39. The molecule has 0 saturated carbocycles. The van der Waals surface area contributed by atoms with Crippen LogP contribution in [0.4, 0.5) is 4.79 Å². The fourth-order valence-corrected chi connectivity index (χ4v) is 2.71. The second-order valence-electron chi connectivity index (χ2n) is 5.49. The second kappa shape index (κ2) is 7.44. The van der Waals surface area contributed by atoms with E-state index in [0.29, 0.717) is 32.2 Å². The topological polar surface area (TPSA) is 90.9 Å². The number of carboxylic acid groups (broad SMARTS) is 1. The highest BCUT2D eigenvalue weighted by atomic mass is 16.5. The van der Waals surface area contributed by atoms with Crippen LogP contribution in [-0.2, 0) is 9.53 Å². The van der Waals surface area contributed by atoms with Gasteiger partial charge in [0, 0.05) is 26.2 Å². The third-order valence-electron chi connectivity index (χ3n) is 3.77. The molecule has 20 heavy (non-hydrogen) atoms. The van der Waals surface area contributed by atoms with Gasteiger partial charge in [0.05, 0.1) is 19.2 Å². The van der Waals surface area contributed by atoms with Crippen molar-refractivity contribution in [3.63, 3.8) is 0 Å². The highest BCUT2D eigenvalue weighted by Crippen LogP contribution is 2.16. The van der Waals surface area contributed by atoms with E-state index < -0.39 is 5.97 Å². The van der Waals surface area contributed by atoms with E-state index in [9.17, 15) is 9.59 Å². The van der Waals surface area contributed by atoms with Crippen molar-refractivity contribution in [1.29, 1.82) is 0 Å². The lowest BCUT2D eigenvalue weighted by Crippen LogP contribution is -2.50. The molecule has 0 aromatic carbocycles. The Morgan fingerprint density at radius 1 is 1.35 bits per heavy atom. The van der Waals surface area contributed by atoms with Gasteiger partial charge in [-0.05, 0) is 25.2 Å². The van der Waals surface area contributed by atoms with Gasteiger partial charge in [0.15, 0.2) is 0 Å². The molecule has 0 aliphatic carbocycles. The fourth-order valence-electron chi connectivity index (χ4n) is 2.71. The number of likely N-dealkylation sites (tertiary alicyclic amines) is 1. The van der Waals surface area contributed by atoms with Gasteiger partial charge in [-0.15, -0.1) is 0 Å². The van der Waals surface area contributed by atoms with Crippen LogP contribution >= 0.6 is 0 Å². The Labute approximate surface area is 118 Å². The van der Waals surface area contributed by atoms with Crippen LogP contribution in [0.25, 0.3) is 0 Å². The number of aliphatic carboxylic acids is 1. The normalized spacial score (nSPS) is 26.5. The number of nitrogens with zero attached hydrogens (tertiary/aromatic N) is 1. The number of carbonyl (C=O) groups excluding carboxylic acids is 1. The summed E-state index contributed by atoms with van der Waals surface area (Å²) in [6, 6.07) is 0.108. The fraction of sp³-hybridized carbons (Fsp3) is 0.846. The Hall–Kier alpha value is -1.34. The standard InChI is InChI=1S/C13H23N3O4/c17-12(18)7-14-6-10-2-1-4-16(8-10)13(19)15-11-3-5-20-9-11/h10-11,14H,1-9H2,(H,15,19)(H,17,18). The maximum absolute atomic E-state index is 12.1. The lowest BCUT2D eigenvalue weighted by Gasteiger charge is -2.33. The number of piperidine rings is 1. The molecule has 2 fully saturated rings. The van der Waals surface area contributed by atoms with Crippen molar-refractivity contribution < 1.29 is 19.4 Å². The van der Waals surface area contributed by atoms with Crippen LogP contribution in [-0.4, -0.2) is 67.4 Å².